The van der Waals surface area contributed by atoms with Crippen LogP contribution in [0.2, 0.25) is 0 Å². The Bertz CT molecular complexity index is 1290. The highest BCUT2D eigenvalue weighted by atomic mass is 16.5. The Labute approximate surface area is 190 Å². The number of carbonyl (C=O) groups is 2. The molecule has 8 nitrogen and oxygen atoms in total. The van der Waals surface area contributed by atoms with E-state index < -0.39 is 11.8 Å². The fourth-order valence-electron chi connectivity index (χ4n) is 3.02. The third-order valence-corrected chi connectivity index (χ3v) is 4.67. The van der Waals surface area contributed by atoms with Gasteiger partial charge in [0.15, 0.2) is 0 Å². The van der Waals surface area contributed by atoms with Crippen molar-refractivity contribution in [2.24, 2.45) is 0 Å². The molecule has 2 N–H and O–H groups in total. The van der Waals surface area contributed by atoms with Gasteiger partial charge in [-0.1, -0.05) is 12.1 Å². The molecule has 33 heavy (non-hydrogen) atoms. The number of nitrogens with zero attached hydrogens (tertiary/aromatic N) is 3. The van der Waals surface area contributed by atoms with E-state index in [9.17, 15) is 9.59 Å². The first kappa shape index (κ1) is 21.3. The molecule has 0 saturated carbocycles. The lowest BCUT2D eigenvalue weighted by molar-refractivity contribution is -0.136. The van der Waals surface area contributed by atoms with Gasteiger partial charge in [0.2, 0.25) is 0 Å². The fourth-order valence-corrected chi connectivity index (χ4v) is 3.02. The first-order valence-corrected chi connectivity index (χ1v) is 10.1. The number of hydrogen-bond donors (Lipinski definition) is 2. The molecule has 3 aromatic carbocycles. The number of aromatic nitrogens is 2. The molecule has 1 aromatic heterocycles. The SMILES string of the molecule is N#Cc1ccc(Oc2ccc(NC(=O)C(=O)NCc3cccc(-n4cccn4)c3)cc2)cc1. The van der Waals surface area contributed by atoms with E-state index in [-0.39, 0.29) is 6.54 Å². The third-order valence-electron chi connectivity index (χ3n) is 4.67. The lowest BCUT2D eigenvalue weighted by Crippen LogP contribution is -2.34. The van der Waals surface area contributed by atoms with E-state index in [1.807, 2.05) is 42.6 Å². The van der Waals surface area contributed by atoms with Gasteiger partial charge in [-0.2, -0.15) is 10.4 Å². The monoisotopic (exact) mass is 437 g/mol. The number of rotatable bonds is 6. The van der Waals surface area contributed by atoms with Crippen LogP contribution in [0, 0.1) is 11.3 Å². The normalized spacial score (nSPS) is 10.2. The highest BCUT2D eigenvalue weighted by Gasteiger charge is 2.13. The van der Waals surface area contributed by atoms with Gasteiger partial charge in [-0.15, -0.1) is 0 Å². The minimum Gasteiger partial charge on any atom is -0.457 e. The zero-order chi connectivity index (χ0) is 23.0. The Balaban J connectivity index is 1.29. The fraction of sp³-hybridized carbons (Fsp3) is 0.0400. The van der Waals surface area contributed by atoms with Gasteiger partial charge in [0.05, 0.1) is 17.3 Å². The van der Waals surface area contributed by atoms with E-state index in [4.69, 9.17) is 10.00 Å². The van der Waals surface area contributed by atoms with Gasteiger partial charge in [-0.25, -0.2) is 4.68 Å². The standard InChI is InChI=1S/C25H19N5O3/c26-16-18-5-9-22(10-6-18)33-23-11-7-20(8-12-23)29-25(32)24(31)27-17-19-3-1-4-21(15-19)30-14-2-13-28-30/h1-15H,17H2,(H,27,31)(H,29,32). The Morgan fingerprint density at radius 2 is 1.67 bits per heavy atom. The molecule has 0 fully saturated rings. The Morgan fingerprint density at radius 1 is 0.939 bits per heavy atom. The predicted molar refractivity (Wildman–Crippen MR) is 122 cm³/mol. The number of amides is 2. The minimum atomic E-state index is -0.765. The molecular weight excluding hydrogens is 418 g/mol. The smallest absolute Gasteiger partial charge is 0.313 e. The summed E-state index contributed by atoms with van der Waals surface area (Å²) in [5, 5.41) is 18.2. The lowest BCUT2D eigenvalue weighted by atomic mass is 10.2. The summed E-state index contributed by atoms with van der Waals surface area (Å²) in [6, 6.07) is 24.7. The zero-order valence-corrected chi connectivity index (χ0v) is 17.4. The summed E-state index contributed by atoms with van der Waals surface area (Å²) in [6.07, 6.45) is 3.51. The van der Waals surface area contributed by atoms with Crippen LogP contribution in [0.3, 0.4) is 0 Å². The van der Waals surface area contributed by atoms with Crippen molar-refractivity contribution in [2.75, 3.05) is 5.32 Å². The predicted octanol–water partition coefficient (Wildman–Crippen LogP) is 3.79. The molecule has 2 amide bonds. The summed E-state index contributed by atoms with van der Waals surface area (Å²) in [4.78, 5) is 24.4. The summed E-state index contributed by atoms with van der Waals surface area (Å²) < 4.78 is 7.42. The van der Waals surface area contributed by atoms with Crippen molar-refractivity contribution >= 4 is 17.5 Å². The van der Waals surface area contributed by atoms with Gasteiger partial charge in [0.25, 0.3) is 0 Å². The Kier molecular flexibility index (Phi) is 6.43. The molecule has 1 heterocycles. The molecular formula is C25H19N5O3. The van der Waals surface area contributed by atoms with Crippen LogP contribution >= 0.6 is 0 Å². The maximum Gasteiger partial charge on any atom is 0.313 e. The molecule has 8 heteroatoms. The summed E-state index contributed by atoms with van der Waals surface area (Å²) in [5.41, 5.74) is 2.71. The van der Waals surface area contributed by atoms with Crippen LogP contribution in [-0.4, -0.2) is 21.6 Å². The third kappa shape index (κ3) is 5.62. The van der Waals surface area contributed by atoms with Crippen molar-refractivity contribution in [2.45, 2.75) is 6.54 Å². The number of anilines is 1. The highest BCUT2D eigenvalue weighted by Crippen LogP contribution is 2.23. The minimum absolute atomic E-state index is 0.207. The van der Waals surface area contributed by atoms with Crippen molar-refractivity contribution in [1.29, 1.82) is 5.26 Å². The topological polar surface area (TPSA) is 109 Å². The van der Waals surface area contributed by atoms with Gasteiger partial charge in [-0.05, 0) is 72.3 Å². The van der Waals surface area contributed by atoms with Crippen LogP contribution in [0.1, 0.15) is 11.1 Å². The van der Waals surface area contributed by atoms with Crippen molar-refractivity contribution in [3.63, 3.8) is 0 Å². The van der Waals surface area contributed by atoms with E-state index in [2.05, 4.69) is 15.7 Å². The lowest BCUT2D eigenvalue weighted by Gasteiger charge is -2.09. The van der Waals surface area contributed by atoms with Crippen molar-refractivity contribution in [3.05, 3.63) is 102 Å². The molecule has 0 atom stereocenters. The number of nitrogens with one attached hydrogen (secondary N) is 2. The Hall–Kier alpha value is -4.90. The van der Waals surface area contributed by atoms with Crippen LogP contribution in [0.25, 0.3) is 5.69 Å². The van der Waals surface area contributed by atoms with Crippen LogP contribution in [-0.2, 0) is 16.1 Å². The molecule has 0 radical (unpaired) electrons. The second-order valence-electron chi connectivity index (χ2n) is 7.02. The number of carbonyl (C=O) groups excluding carboxylic acids is 2. The summed E-state index contributed by atoms with van der Waals surface area (Å²) in [5.74, 6) is -0.364. The van der Waals surface area contributed by atoms with Crippen LogP contribution in [0.5, 0.6) is 11.5 Å². The number of benzene rings is 3. The zero-order valence-electron chi connectivity index (χ0n) is 17.4. The van der Waals surface area contributed by atoms with Crippen molar-refractivity contribution in [3.8, 4) is 23.3 Å². The van der Waals surface area contributed by atoms with Gasteiger partial charge in [0, 0.05) is 24.6 Å². The maximum absolute atomic E-state index is 12.2. The van der Waals surface area contributed by atoms with Gasteiger partial charge in [-0.3, -0.25) is 9.59 Å². The molecule has 0 saturated heterocycles. The molecule has 0 aliphatic carbocycles. The molecule has 0 bridgehead atoms. The molecule has 0 spiro atoms. The van der Waals surface area contributed by atoms with Gasteiger partial charge in [0.1, 0.15) is 11.5 Å². The largest absolute Gasteiger partial charge is 0.457 e. The van der Waals surface area contributed by atoms with E-state index in [0.29, 0.717) is 22.7 Å². The quantitative estimate of drug-likeness (QED) is 0.446. The summed E-state index contributed by atoms with van der Waals surface area (Å²) in [7, 11) is 0. The Morgan fingerprint density at radius 3 is 2.33 bits per heavy atom. The van der Waals surface area contributed by atoms with E-state index >= 15 is 0 Å². The molecule has 4 aromatic rings. The molecule has 162 valence electrons. The summed E-state index contributed by atoms with van der Waals surface area (Å²) in [6.45, 7) is 0.207. The van der Waals surface area contributed by atoms with Crippen LogP contribution in [0.4, 0.5) is 5.69 Å². The van der Waals surface area contributed by atoms with Crippen LogP contribution in [0.15, 0.2) is 91.3 Å². The highest BCUT2D eigenvalue weighted by molar-refractivity contribution is 6.39. The molecule has 0 aliphatic heterocycles. The number of hydrogen-bond acceptors (Lipinski definition) is 5. The van der Waals surface area contributed by atoms with Crippen molar-refractivity contribution < 1.29 is 14.3 Å². The first-order chi connectivity index (χ1) is 16.1. The summed E-state index contributed by atoms with van der Waals surface area (Å²) >= 11 is 0. The van der Waals surface area contributed by atoms with E-state index in [1.54, 1.807) is 59.4 Å². The number of nitriles is 1. The van der Waals surface area contributed by atoms with Crippen LogP contribution < -0.4 is 15.4 Å². The first-order valence-electron chi connectivity index (χ1n) is 10.1. The molecule has 0 unspecified atom stereocenters. The van der Waals surface area contributed by atoms with Crippen molar-refractivity contribution in [1.82, 2.24) is 15.1 Å². The number of ether oxygens (including phenoxy) is 1. The maximum atomic E-state index is 12.2. The average molecular weight is 437 g/mol. The molecule has 4 rings (SSSR count). The van der Waals surface area contributed by atoms with E-state index in [1.165, 1.54) is 0 Å². The van der Waals surface area contributed by atoms with Gasteiger partial charge < -0.3 is 15.4 Å². The second kappa shape index (κ2) is 9.94. The average Bonchev–Trinajstić information content (AvgIpc) is 3.39. The molecule has 0 aliphatic rings. The van der Waals surface area contributed by atoms with Gasteiger partial charge >= 0.3 is 11.8 Å². The second-order valence-corrected chi connectivity index (χ2v) is 7.02. The van der Waals surface area contributed by atoms with E-state index in [0.717, 1.165) is 11.3 Å².